The van der Waals surface area contributed by atoms with Gasteiger partial charge in [-0.1, -0.05) is 30.4 Å². The molecule has 0 bridgehead atoms. The molecule has 0 aliphatic rings. The Bertz CT molecular complexity index is 402. The van der Waals surface area contributed by atoms with Gasteiger partial charge in [-0.2, -0.15) is 0 Å². The fourth-order valence-electron chi connectivity index (χ4n) is 1.99. The maximum absolute atomic E-state index is 13.7. The second kappa shape index (κ2) is 6.96. The lowest BCUT2D eigenvalue weighted by molar-refractivity contribution is 0.625. The van der Waals surface area contributed by atoms with Crippen molar-refractivity contribution in [3.63, 3.8) is 0 Å². The van der Waals surface area contributed by atoms with Crippen LogP contribution in [0.3, 0.4) is 0 Å². The molecule has 0 saturated carbocycles. The minimum Gasteiger partial charge on any atom is -0.317 e. The van der Waals surface area contributed by atoms with Crippen molar-refractivity contribution in [3.8, 4) is 0 Å². The number of nitrogens with zero attached hydrogens (tertiary/aromatic N) is 1. The number of allylic oxidation sites excluding steroid dienone is 3. The first-order valence-corrected chi connectivity index (χ1v) is 8.54. The summed E-state index contributed by atoms with van der Waals surface area (Å²) in [4.78, 5) is 4.71. The third-order valence-corrected chi connectivity index (χ3v) is 6.64. The van der Waals surface area contributed by atoms with E-state index in [9.17, 15) is 4.39 Å². The zero-order valence-corrected chi connectivity index (χ0v) is 11.6. The smallest absolute Gasteiger partial charge is 0.193 e. The van der Waals surface area contributed by atoms with E-state index in [-0.39, 0.29) is 5.82 Å². The van der Waals surface area contributed by atoms with E-state index in [1.54, 1.807) is 18.2 Å². The molecule has 1 aromatic carbocycles. The van der Waals surface area contributed by atoms with Crippen LogP contribution in [0, 0.1) is 5.82 Å². The molecular weight excluding hydrogens is 241 g/mol. The SMILES string of the molecule is C=CC[Si](CC=C)(CC=C)[N]c1ccccc1F. The van der Waals surface area contributed by atoms with Crippen LogP contribution < -0.4 is 4.98 Å². The summed E-state index contributed by atoms with van der Waals surface area (Å²) < 4.78 is 13.7. The van der Waals surface area contributed by atoms with Gasteiger partial charge in [-0.05, 0) is 30.3 Å². The van der Waals surface area contributed by atoms with Gasteiger partial charge in [0.1, 0.15) is 5.82 Å². The molecule has 0 heterocycles. The number of rotatable bonds is 8. The second-order valence-electron chi connectivity index (χ2n) is 4.27. The summed E-state index contributed by atoms with van der Waals surface area (Å²) in [5.74, 6) is -0.272. The molecule has 0 fully saturated rings. The van der Waals surface area contributed by atoms with Crippen molar-refractivity contribution in [2.45, 2.75) is 18.1 Å². The van der Waals surface area contributed by atoms with Gasteiger partial charge in [-0.15, -0.1) is 19.7 Å². The Kier molecular flexibility index (Phi) is 5.59. The van der Waals surface area contributed by atoms with Gasteiger partial charge in [-0.25, -0.2) is 4.39 Å². The van der Waals surface area contributed by atoms with Crippen molar-refractivity contribution >= 4 is 13.9 Å². The van der Waals surface area contributed by atoms with Gasteiger partial charge in [0.25, 0.3) is 0 Å². The minimum atomic E-state index is -2.04. The quantitative estimate of drug-likeness (QED) is 0.480. The van der Waals surface area contributed by atoms with Crippen molar-refractivity contribution in [2.75, 3.05) is 0 Å². The van der Waals surface area contributed by atoms with E-state index in [1.807, 2.05) is 18.2 Å². The number of benzene rings is 1. The van der Waals surface area contributed by atoms with Gasteiger partial charge < -0.3 is 4.98 Å². The average Bonchev–Trinajstić information content (AvgIpc) is 2.33. The maximum Gasteiger partial charge on any atom is 0.193 e. The third kappa shape index (κ3) is 3.70. The van der Waals surface area contributed by atoms with Crippen LogP contribution in [-0.4, -0.2) is 8.24 Å². The van der Waals surface area contributed by atoms with E-state index in [0.717, 1.165) is 18.1 Å². The highest BCUT2D eigenvalue weighted by Crippen LogP contribution is 2.26. The molecule has 0 spiro atoms. The topological polar surface area (TPSA) is 14.1 Å². The van der Waals surface area contributed by atoms with Crippen LogP contribution in [0.4, 0.5) is 10.1 Å². The highest BCUT2D eigenvalue weighted by Gasteiger charge is 2.32. The molecule has 1 aromatic rings. The first-order valence-electron chi connectivity index (χ1n) is 5.97. The highest BCUT2D eigenvalue weighted by molar-refractivity contribution is 6.79. The molecule has 1 radical (unpaired) electrons. The molecule has 0 unspecified atom stereocenters. The lowest BCUT2D eigenvalue weighted by Crippen LogP contribution is -2.41. The Labute approximate surface area is 110 Å². The fraction of sp³-hybridized carbons (Fsp3) is 0.200. The Morgan fingerprint density at radius 2 is 1.50 bits per heavy atom. The molecule has 0 aliphatic heterocycles. The number of hydrogen-bond acceptors (Lipinski definition) is 0. The Balaban J connectivity index is 3.02. The van der Waals surface area contributed by atoms with E-state index in [2.05, 4.69) is 19.7 Å². The van der Waals surface area contributed by atoms with Gasteiger partial charge in [0, 0.05) is 0 Å². The zero-order chi connectivity index (χ0) is 13.4. The van der Waals surface area contributed by atoms with Crippen molar-refractivity contribution in [2.24, 2.45) is 0 Å². The van der Waals surface area contributed by atoms with Gasteiger partial charge in [0.2, 0.25) is 0 Å². The lowest BCUT2D eigenvalue weighted by atomic mass is 10.3. The van der Waals surface area contributed by atoms with Gasteiger partial charge in [0.15, 0.2) is 8.24 Å². The molecule has 0 atom stereocenters. The van der Waals surface area contributed by atoms with Crippen molar-refractivity contribution in [1.82, 2.24) is 4.98 Å². The Morgan fingerprint density at radius 3 is 1.94 bits per heavy atom. The summed E-state index contributed by atoms with van der Waals surface area (Å²) in [6.07, 6.45) is 5.59. The number of hydrogen-bond donors (Lipinski definition) is 0. The molecule has 0 amide bonds. The predicted molar refractivity (Wildman–Crippen MR) is 79.0 cm³/mol. The standard InChI is InChI=1S/C15H19FNSi/c1-4-11-18(12-5-2,13-6-3)17-15-10-8-7-9-14(15)16/h4-10H,1-3,11-13H2. The molecule has 1 rings (SSSR count). The number of halogens is 1. The monoisotopic (exact) mass is 260 g/mol. The van der Waals surface area contributed by atoms with E-state index in [1.165, 1.54) is 6.07 Å². The molecule has 18 heavy (non-hydrogen) atoms. The fourth-order valence-corrected chi connectivity index (χ4v) is 5.07. The maximum atomic E-state index is 13.7. The van der Waals surface area contributed by atoms with Gasteiger partial charge in [0.05, 0.1) is 5.69 Å². The van der Waals surface area contributed by atoms with Crippen molar-refractivity contribution in [3.05, 3.63) is 68.0 Å². The van der Waals surface area contributed by atoms with Gasteiger partial charge in [-0.3, -0.25) is 0 Å². The molecule has 95 valence electrons. The van der Waals surface area contributed by atoms with E-state index in [4.69, 9.17) is 4.98 Å². The first kappa shape index (κ1) is 14.4. The molecule has 0 aromatic heterocycles. The van der Waals surface area contributed by atoms with Crippen molar-refractivity contribution in [1.29, 1.82) is 0 Å². The average molecular weight is 260 g/mol. The van der Waals surface area contributed by atoms with Crippen LogP contribution in [0.5, 0.6) is 0 Å². The van der Waals surface area contributed by atoms with Crippen LogP contribution in [0.25, 0.3) is 0 Å². The Hall–Kier alpha value is -1.61. The second-order valence-corrected chi connectivity index (χ2v) is 8.16. The zero-order valence-electron chi connectivity index (χ0n) is 10.6. The molecule has 3 heteroatoms. The summed E-state index contributed by atoms with van der Waals surface area (Å²) in [5.41, 5.74) is 0.440. The van der Waals surface area contributed by atoms with Crippen molar-refractivity contribution < 1.29 is 4.39 Å². The van der Waals surface area contributed by atoms with Crippen LogP contribution in [0.1, 0.15) is 0 Å². The Morgan fingerprint density at radius 1 is 1.00 bits per heavy atom. The summed E-state index contributed by atoms with van der Waals surface area (Å²) in [7, 11) is -2.04. The molecule has 1 nitrogen and oxygen atoms in total. The normalized spacial score (nSPS) is 10.7. The van der Waals surface area contributed by atoms with Crippen LogP contribution in [0.15, 0.2) is 62.2 Å². The van der Waals surface area contributed by atoms with Crippen LogP contribution in [0.2, 0.25) is 18.1 Å². The summed E-state index contributed by atoms with van der Waals surface area (Å²) >= 11 is 0. The summed E-state index contributed by atoms with van der Waals surface area (Å²) in [5, 5.41) is 0. The summed E-state index contributed by atoms with van der Waals surface area (Å²) in [6.45, 7) is 11.4. The summed E-state index contributed by atoms with van der Waals surface area (Å²) in [6, 6.07) is 9.04. The molecule has 0 aliphatic carbocycles. The van der Waals surface area contributed by atoms with Crippen LogP contribution in [-0.2, 0) is 0 Å². The van der Waals surface area contributed by atoms with Gasteiger partial charge >= 0.3 is 0 Å². The van der Waals surface area contributed by atoms with E-state index in [0.29, 0.717) is 5.69 Å². The highest BCUT2D eigenvalue weighted by atomic mass is 28.3. The lowest BCUT2D eigenvalue weighted by Gasteiger charge is -2.28. The third-order valence-electron chi connectivity index (χ3n) is 2.78. The van der Waals surface area contributed by atoms with E-state index < -0.39 is 8.24 Å². The minimum absolute atomic E-state index is 0.272. The van der Waals surface area contributed by atoms with E-state index >= 15 is 0 Å². The predicted octanol–water partition coefficient (Wildman–Crippen LogP) is 4.57. The first-order chi connectivity index (χ1) is 8.67. The van der Waals surface area contributed by atoms with Crippen LogP contribution >= 0.6 is 0 Å². The molecule has 0 N–H and O–H groups in total. The largest absolute Gasteiger partial charge is 0.317 e. The molecular formula is C15H19FNSi. The molecule has 0 saturated heterocycles.